The first-order valence-electron chi connectivity index (χ1n) is 7.57. The van der Waals surface area contributed by atoms with Crippen molar-refractivity contribution in [2.45, 2.75) is 39.0 Å². The summed E-state index contributed by atoms with van der Waals surface area (Å²) >= 11 is 0. The molecule has 0 amide bonds. The number of piperidine rings is 1. The van der Waals surface area contributed by atoms with E-state index in [-0.39, 0.29) is 0 Å². The van der Waals surface area contributed by atoms with Crippen LogP contribution in [0.15, 0.2) is 6.33 Å². The monoisotopic (exact) mass is 260 g/mol. The van der Waals surface area contributed by atoms with Gasteiger partial charge < -0.3 is 10.6 Å². The summed E-state index contributed by atoms with van der Waals surface area (Å²) in [6.07, 6.45) is 7.78. The zero-order chi connectivity index (χ0) is 13.2. The highest BCUT2D eigenvalue weighted by Gasteiger charge is 2.28. The molecule has 0 bridgehead atoms. The van der Waals surface area contributed by atoms with Crippen molar-refractivity contribution in [2.75, 3.05) is 24.5 Å². The van der Waals surface area contributed by atoms with Gasteiger partial charge in [-0.25, -0.2) is 9.97 Å². The Morgan fingerprint density at radius 3 is 3.00 bits per heavy atom. The minimum Gasteiger partial charge on any atom is -0.356 e. The molecule has 2 unspecified atom stereocenters. The maximum atomic E-state index is 5.91. The second-order valence-electron chi connectivity index (χ2n) is 6.04. The van der Waals surface area contributed by atoms with E-state index in [4.69, 9.17) is 5.73 Å². The summed E-state index contributed by atoms with van der Waals surface area (Å²) in [4.78, 5) is 11.5. The Labute approximate surface area is 115 Å². The van der Waals surface area contributed by atoms with Crippen molar-refractivity contribution < 1.29 is 0 Å². The van der Waals surface area contributed by atoms with Crippen molar-refractivity contribution in [2.24, 2.45) is 17.6 Å². The van der Waals surface area contributed by atoms with Crippen molar-refractivity contribution in [3.8, 4) is 0 Å². The number of nitrogens with two attached hydrogens (primary N) is 1. The summed E-state index contributed by atoms with van der Waals surface area (Å²) in [5.74, 6) is 2.52. The Balaban J connectivity index is 1.86. The fourth-order valence-electron chi connectivity index (χ4n) is 3.43. The van der Waals surface area contributed by atoms with Gasteiger partial charge in [0.25, 0.3) is 0 Å². The number of rotatable bonds is 2. The van der Waals surface area contributed by atoms with E-state index >= 15 is 0 Å². The zero-order valence-electron chi connectivity index (χ0n) is 11.8. The highest BCUT2D eigenvalue weighted by atomic mass is 15.2. The molecule has 1 aromatic rings. The molecule has 4 heteroatoms. The van der Waals surface area contributed by atoms with E-state index in [1.165, 1.54) is 36.3 Å². The molecular weight excluding hydrogens is 236 g/mol. The lowest BCUT2D eigenvalue weighted by Gasteiger charge is -2.38. The number of hydrogen-bond acceptors (Lipinski definition) is 4. The van der Waals surface area contributed by atoms with Gasteiger partial charge in [-0.15, -0.1) is 0 Å². The first-order chi connectivity index (χ1) is 9.29. The Bertz CT molecular complexity index is 446. The van der Waals surface area contributed by atoms with Gasteiger partial charge in [-0.2, -0.15) is 0 Å². The second kappa shape index (κ2) is 5.45. The number of hydrogen-bond donors (Lipinski definition) is 1. The SMILES string of the molecule is CC1CCN(c2ncnc3c2CCCC3)CC1CN. The van der Waals surface area contributed by atoms with E-state index < -0.39 is 0 Å². The smallest absolute Gasteiger partial charge is 0.135 e. The second-order valence-corrected chi connectivity index (χ2v) is 6.04. The molecule has 1 aliphatic heterocycles. The molecule has 0 aromatic carbocycles. The quantitative estimate of drug-likeness (QED) is 0.880. The highest BCUT2D eigenvalue weighted by molar-refractivity contribution is 5.50. The van der Waals surface area contributed by atoms with Crippen molar-refractivity contribution in [1.82, 2.24) is 9.97 Å². The molecule has 0 spiro atoms. The van der Waals surface area contributed by atoms with Crippen LogP contribution in [-0.2, 0) is 12.8 Å². The number of fused-ring (bicyclic) bond motifs is 1. The lowest BCUT2D eigenvalue weighted by Crippen LogP contribution is -2.43. The lowest BCUT2D eigenvalue weighted by molar-refractivity contribution is 0.306. The summed E-state index contributed by atoms with van der Waals surface area (Å²) in [5, 5.41) is 0. The van der Waals surface area contributed by atoms with E-state index in [0.29, 0.717) is 5.92 Å². The largest absolute Gasteiger partial charge is 0.356 e. The van der Waals surface area contributed by atoms with E-state index in [9.17, 15) is 0 Å². The van der Waals surface area contributed by atoms with E-state index in [1.54, 1.807) is 6.33 Å². The number of anilines is 1. The Morgan fingerprint density at radius 2 is 2.16 bits per heavy atom. The van der Waals surface area contributed by atoms with E-state index in [1.807, 2.05) is 0 Å². The average Bonchev–Trinajstić information content (AvgIpc) is 2.47. The average molecular weight is 260 g/mol. The summed E-state index contributed by atoms with van der Waals surface area (Å²) in [5.41, 5.74) is 8.59. The Morgan fingerprint density at radius 1 is 1.32 bits per heavy atom. The van der Waals surface area contributed by atoms with E-state index in [0.717, 1.165) is 38.4 Å². The number of aromatic nitrogens is 2. The Hall–Kier alpha value is -1.16. The van der Waals surface area contributed by atoms with Crippen LogP contribution >= 0.6 is 0 Å². The van der Waals surface area contributed by atoms with Crippen molar-refractivity contribution in [3.63, 3.8) is 0 Å². The third-order valence-corrected chi connectivity index (χ3v) is 4.82. The predicted molar refractivity (Wildman–Crippen MR) is 77.2 cm³/mol. The molecule has 104 valence electrons. The van der Waals surface area contributed by atoms with Crippen molar-refractivity contribution >= 4 is 5.82 Å². The summed E-state index contributed by atoms with van der Waals surface area (Å²) < 4.78 is 0. The molecule has 2 N–H and O–H groups in total. The van der Waals surface area contributed by atoms with Crippen LogP contribution in [0.5, 0.6) is 0 Å². The van der Waals surface area contributed by atoms with Gasteiger partial charge in [0.15, 0.2) is 0 Å². The molecule has 1 aliphatic carbocycles. The molecular formula is C15H24N4. The topological polar surface area (TPSA) is 55.0 Å². The molecule has 1 saturated heterocycles. The predicted octanol–water partition coefficient (Wildman–Crippen LogP) is 1.78. The molecule has 2 atom stereocenters. The molecule has 1 aromatic heterocycles. The van der Waals surface area contributed by atoms with Gasteiger partial charge in [0.05, 0.1) is 0 Å². The first-order valence-corrected chi connectivity index (χ1v) is 7.57. The Kier molecular flexibility index (Phi) is 3.69. The molecule has 4 nitrogen and oxygen atoms in total. The van der Waals surface area contributed by atoms with Gasteiger partial charge in [0, 0.05) is 24.3 Å². The van der Waals surface area contributed by atoms with Gasteiger partial charge in [-0.1, -0.05) is 6.92 Å². The van der Waals surface area contributed by atoms with Gasteiger partial charge in [0.2, 0.25) is 0 Å². The minimum absolute atomic E-state index is 0.600. The third-order valence-electron chi connectivity index (χ3n) is 4.82. The van der Waals surface area contributed by atoms with Crippen molar-refractivity contribution in [3.05, 3.63) is 17.6 Å². The molecule has 0 saturated carbocycles. The van der Waals surface area contributed by atoms with Crippen molar-refractivity contribution in [1.29, 1.82) is 0 Å². The van der Waals surface area contributed by atoms with E-state index in [2.05, 4.69) is 21.8 Å². The maximum absolute atomic E-state index is 5.91. The third kappa shape index (κ3) is 2.46. The molecule has 1 fully saturated rings. The number of aryl methyl sites for hydroxylation is 1. The summed E-state index contributed by atoms with van der Waals surface area (Å²) in [6, 6.07) is 0. The normalized spacial score (nSPS) is 27.2. The fraction of sp³-hybridized carbons (Fsp3) is 0.733. The van der Waals surface area contributed by atoms with Crippen LogP contribution in [0.4, 0.5) is 5.82 Å². The van der Waals surface area contributed by atoms with Crippen LogP contribution in [0.1, 0.15) is 37.4 Å². The van der Waals surface area contributed by atoms with Crippen LogP contribution < -0.4 is 10.6 Å². The summed E-state index contributed by atoms with van der Waals surface area (Å²) in [6.45, 7) is 5.28. The molecule has 0 radical (unpaired) electrons. The maximum Gasteiger partial charge on any atom is 0.135 e. The lowest BCUT2D eigenvalue weighted by atomic mass is 9.86. The number of nitrogens with zero attached hydrogens (tertiary/aromatic N) is 3. The zero-order valence-corrected chi connectivity index (χ0v) is 11.8. The summed E-state index contributed by atoms with van der Waals surface area (Å²) in [7, 11) is 0. The highest BCUT2D eigenvalue weighted by Crippen LogP contribution is 2.31. The van der Waals surface area contributed by atoms with Gasteiger partial charge in [-0.05, 0) is 50.5 Å². The van der Waals surface area contributed by atoms with Crippen LogP contribution in [0.2, 0.25) is 0 Å². The van der Waals surface area contributed by atoms with Crippen LogP contribution in [0.3, 0.4) is 0 Å². The van der Waals surface area contributed by atoms with Crippen LogP contribution in [0, 0.1) is 11.8 Å². The first kappa shape index (κ1) is 12.9. The molecule has 3 rings (SSSR count). The molecule has 2 heterocycles. The van der Waals surface area contributed by atoms with Gasteiger partial charge in [0.1, 0.15) is 12.1 Å². The van der Waals surface area contributed by atoms with Crippen LogP contribution in [-0.4, -0.2) is 29.6 Å². The standard InChI is InChI=1S/C15H24N4/c1-11-6-7-19(9-12(11)8-16)15-13-4-2-3-5-14(13)17-10-18-15/h10-12H,2-9,16H2,1H3. The van der Waals surface area contributed by atoms with Crippen LogP contribution in [0.25, 0.3) is 0 Å². The molecule has 2 aliphatic rings. The fourth-order valence-corrected chi connectivity index (χ4v) is 3.43. The minimum atomic E-state index is 0.600. The van der Waals surface area contributed by atoms with Gasteiger partial charge >= 0.3 is 0 Å². The molecule has 19 heavy (non-hydrogen) atoms. The van der Waals surface area contributed by atoms with Gasteiger partial charge in [-0.3, -0.25) is 0 Å².